The second-order valence-electron chi connectivity index (χ2n) is 8.13. The molecule has 1 aliphatic rings. The van der Waals surface area contributed by atoms with Gasteiger partial charge in [0.2, 0.25) is 5.82 Å². The molecule has 1 fully saturated rings. The molecule has 1 amide bonds. The lowest BCUT2D eigenvalue weighted by Gasteiger charge is -2.32. The van der Waals surface area contributed by atoms with E-state index < -0.39 is 58.8 Å². The van der Waals surface area contributed by atoms with Crippen molar-refractivity contribution < 1.29 is 41.0 Å². The van der Waals surface area contributed by atoms with Crippen molar-refractivity contribution in [1.29, 1.82) is 0 Å². The van der Waals surface area contributed by atoms with Gasteiger partial charge < -0.3 is 14.8 Å². The molecule has 13 heteroatoms. The molecule has 1 aromatic heterocycles. The molecule has 2 aromatic rings. The summed E-state index contributed by atoms with van der Waals surface area (Å²) in [6, 6.07) is 1.74. The number of methoxy groups -OCH3 is 1. The minimum Gasteiger partial charge on any atom is -0.493 e. The summed E-state index contributed by atoms with van der Waals surface area (Å²) in [6.07, 6.45) is -5.77. The third kappa shape index (κ3) is 4.56. The molecule has 0 radical (unpaired) electrons. The van der Waals surface area contributed by atoms with Gasteiger partial charge in [-0.3, -0.25) is 9.59 Å². The van der Waals surface area contributed by atoms with E-state index >= 15 is 0 Å². The Balaban J connectivity index is 2.16. The Labute approximate surface area is 206 Å². The zero-order valence-corrected chi connectivity index (χ0v) is 20.2. The van der Waals surface area contributed by atoms with Gasteiger partial charge in [-0.15, -0.1) is 0 Å². The summed E-state index contributed by atoms with van der Waals surface area (Å²) in [4.78, 5) is 29.1. The number of hydrogen-bond donors (Lipinski definition) is 1. The summed E-state index contributed by atoms with van der Waals surface area (Å²) >= 11 is 12.0. The SMILES string of the molecule is COc1c([C@H]2[C@H](C(=O)Nc3c(Cl)cnc(Cl)c3C(C)=O)O[C@@](C)(C(F)(F)F)[C@H]2C)ccc(F)c1F. The quantitative estimate of drug-likeness (QED) is 0.288. The minimum absolute atomic E-state index is 0.209. The van der Waals surface area contributed by atoms with Crippen molar-refractivity contribution in [1.82, 2.24) is 4.98 Å². The Bertz CT molecular complexity index is 1190. The number of anilines is 1. The van der Waals surface area contributed by atoms with Crippen molar-refractivity contribution in [3.63, 3.8) is 0 Å². The Kier molecular flexibility index (Phi) is 7.36. The summed E-state index contributed by atoms with van der Waals surface area (Å²) in [5.74, 6) is -8.04. The van der Waals surface area contributed by atoms with Crippen LogP contribution in [0, 0.1) is 17.6 Å². The van der Waals surface area contributed by atoms with E-state index in [9.17, 15) is 31.5 Å². The number of hydrogen-bond acceptors (Lipinski definition) is 5. The smallest absolute Gasteiger partial charge is 0.417 e. The van der Waals surface area contributed by atoms with Gasteiger partial charge in [-0.25, -0.2) is 9.37 Å². The molecule has 1 aliphatic heterocycles. The summed E-state index contributed by atoms with van der Waals surface area (Å²) in [7, 11) is 1.01. The molecule has 0 saturated carbocycles. The fourth-order valence-electron chi connectivity index (χ4n) is 4.14. The lowest BCUT2D eigenvalue weighted by atomic mass is 9.77. The number of halogens is 7. The minimum atomic E-state index is -4.94. The van der Waals surface area contributed by atoms with Gasteiger partial charge in [0.25, 0.3) is 5.91 Å². The van der Waals surface area contributed by atoms with E-state index in [-0.39, 0.29) is 27.0 Å². The Morgan fingerprint density at radius 1 is 1.23 bits per heavy atom. The molecule has 3 rings (SSSR count). The molecule has 4 atom stereocenters. The number of carbonyl (C=O) groups excluding carboxylic acids is 2. The van der Waals surface area contributed by atoms with E-state index in [4.69, 9.17) is 32.7 Å². The van der Waals surface area contributed by atoms with Crippen LogP contribution >= 0.6 is 23.2 Å². The number of pyridine rings is 1. The first-order chi connectivity index (χ1) is 16.2. The number of Topliss-reactive ketones (excluding diaryl/α,β-unsaturated/α-hetero) is 1. The second-order valence-corrected chi connectivity index (χ2v) is 8.90. The Hall–Kier alpha value is -2.50. The van der Waals surface area contributed by atoms with E-state index in [1.165, 1.54) is 6.92 Å². The average molecular weight is 541 g/mol. The first-order valence-corrected chi connectivity index (χ1v) is 10.8. The Morgan fingerprint density at radius 3 is 2.40 bits per heavy atom. The van der Waals surface area contributed by atoms with Crippen LogP contribution in [0.4, 0.5) is 27.6 Å². The van der Waals surface area contributed by atoms with Crippen LogP contribution in [0.1, 0.15) is 42.6 Å². The fourth-order valence-corrected chi connectivity index (χ4v) is 4.61. The summed E-state index contributed by atoms with van der Waals surface area (Å²) in [5, 5.41) is 1.80. The van der Waals surface area contributed by atoms with E-state index in [2.05, 4.69) is 10.3 Å². The van der Waals surface area contributed by atoms with Crippen molar-refractivity contribution >= 4 is 40.6 Å². The highest BCUT2D eigenvalue weighted by atomic mass is 35.5. The summed E-state index contributed by atoms with van der Waals surface area (Å²) < 4.78 is 80.6. The number of ketones is 1. The molecule has 0 spiro atoms. The molecular weight excluding hydrogens is 522 g/mol. The maximum Gasteiger partial charge on any atom is 0.417 e. The van der Waals surface area contributed by atoms with E-state index in [1.807, 2.05) is 0 Å². The number of aromatic nitrogens is 1. The molecule has 0 aliphatic carbocycles. The molecular formula is C22H19Cl2F5N2O4. The third-order valence-corrected chi connectivity index (χ3v) is 6.73. The first-order valence-electron chi connectivity index (χ1n) is 10.1. The van der Waals surface area contributed by atoms with Crippen LogP contribution in [0.15, 0.2) is 18.3 Å². The molecule has 1 aromatic carbocycles. The van der Waals surface area contributed by atoms with Crippen LogP contribution in [0.3, 0.4) is 0 Å². The number of alkyl halides is 3. The third-order valence-electron chi connectivity index (χ3n) is 6.16. The van der Waals surface area contributed by atoms with Gasteiger partial charge in [0.1, 0.15) is 11.3 Å². The summed E-state index contributed by atoms with van der Waals surface area (Å²) in [5.41, 5.74) is -3.60. The van der Waals surface area contributed by atoms with E-state index in [0.717, 1.165) is 33.2 Å². The standard InChI is InChI=1S/C22H19Cl2F5N2O4/c1-8-13(10-5-6-12(25)15(26)17(10)34-4)18(35-21(8,3)22(27,28)29)20(33)31-16-11(23)7-30-19(24)14(16)9(2)32/h5-8,13,18H,1-4H3,(H,30,31,33)/t8-,13-,18+,21+/m0/s1. The number of nitrogens with one attached hydrogen (secondary N) is 1. The van der Waals surface area contributed by atoms with Crippen molar-refractivity contribution in [2.75, 3.05) is 12.4 Å². The molecule has 6 nitrogen and oxygen atoms in total. The van der Waals surface area contributed by atoms with Gasteiger partial charge in [-0.1, -0.05) is 36.2 Å². The number of benzene rings is 1. The topological polar surface area (TPSA) is 77.5 Å². The lowest BCUT2D eigenvalue weighted by Crippen LogP contribution is -2.47. The lowest BCUT2D eigenvalue weighted by molar-refractivity contribution is -0.272. The summed E-state index contributed by atoms with van der Waals surface area (Å²) in [6.45, 7) is 3.05. The highest BCUT2D eigenvalue weighted by Crippen LogP contribution is 2.55. The van der Waals surface area contributed by atoms with Gasteiger partial charge in [0.05, 0.1) is 23.4 Å². The number of nitrogens with zero attached hydrogens (tertiary/aromatic N) is 1. The first kappa shape index (κ1) is 27.1. The van der Waals surface area contributed by atoms with Crippen LogP contribution in [-0.4, -0.2) is 41.7 Å². The van der Waals surface area contributed by atoms with Crippen molar-refractivity contribution in [2.45, 2.75) is 44.6 Å². The molecule has 190 valence electrons. The van der Waals surface area contributed by atoms with E-state index in [1.54, 1.807) is 0 Å². The second kappa shape index (κ2) is 9.51. The number of carbonyl (C=O) groups is 2. The van der Waals surface area contributed by atoms with Gasteiger partial charge in [0, 0.05) is 23.6 Å². The maximum atomic E-state index is 14.4. The zero-order chi connectivity index (χ0) is 26.5. The number of amides is 1. The van der Waals surface area contributed by atoms with Crippen molar-refractivity contribution in [2.24, 2.45) is 5.92 Å². The van der Waals surface area contributed by atoms with Gasteiger partial charge in [0.15, 0.2) is 23.0 Å². The normalized spacial score (nSPS) is 24.4. The average Bonchev–Trinajstić information content (AvgIpc) is 3.04. The molecule has 1 N–H and O–H groups in total. The van der Waals surface area contributed by atoms with Crippen molar-refractivity contribution in [3.8, 4) is 5.75 Å². The fraction of sp³-hybridized carbons (Fsp3) is 0.409. The van der Waals surface area contributed by atoms with Crippen molar-refractivity contribution in [3.05, 3.63) is 51.3 Å². The van der Waals surface area contributed by atoms with Gasteiger partial charge in [-0.2, -0.15) is 17.6 Å². The highest BCUT2D eigenvalue weighted by molar-refractivity contribution is 6.38. The van der Waals surface area contributed by atoms with Crippen LogP contribution in [0.2, 0.25) is 10.2 Å². The number of ether oxygens (including phenoxy) is 2. The zero-order valence-electron chi connectivity index (χ0n) is 18.7. The Morgan fingerprint density at radius 2 is 1.86 bits per heavy atom. The van der Waals surface area contributed by atoms with Crippen LogP contribution in [0.5, 0.6) is 5.75 Å². The van der Waals surface area contributed by atoms with Crippen LogP contribution in [-0.2, 0) is 9.53 Å². The molecule has 35 heavy (non-hydrogen) atoms. The molecule has 2 heterocycles. The van der Waals surface area contributed by atoms with Crippen LogP contribution < -0.4 is 10.1 Å². The molecule has 0 unspecified atom stereocenters. The largest absolute Gasteiger partial charge is 0.493 e. The maximum absolute atomic E-state index is 14.4. The highest BCUT2D eigenvalue weighted by Gasteiger charge is 2.66. The molecule has 0 bridgehead atoms. The van der Waals surface area contributed by atoms with Gasteiger partial charge >= 0.3 is 6.18 Å². The van der Waals surface area contributed by atoms with E-state index in [0.29, 0.717) is 6.07 Å². The monoisotopic (exact) mass is 540 g/mol. The predicted octanol–water partition coefficient (Wildman–Crippen LogP) is 5.96. The van der Waals surface area contributed by atoms with Gasteiger partial charge in [-0.05, 0) is 19.9 Å². The predicted molar refractivity (Wildman–Crippen MR) is 117 cm³/mol. The van der Waals surface area contributed by atoms with Crippen LogP contribution in [0.25, 0.3) is 0 Å². The molecule has 1 saturated heterocycles. The number of rotatable bonds is 5.